The van der Waals surface area contributed by atoms with Crippen molar-refractivity contribution in [2.75, 3.05) is 14.2 Å². The van der Waals surface area contributed by atoms with Crippen LogP contribution in [0.1, 0.15) is 53.0 Å². The third kappa shape index (κ3) is 3.98. The second-order valence-electron chi connectivity index (χ2n) is 8.46. The van der Waals surface area contributed by atoms with Crippen LogP contribution in [0, 0.1) is 17.8 Å². The number of ether oxygens (including phenoxy) is 3. The highest BCUT2D eigenvalue weighted by molar-refractivity contribution is 5.89. The highest BCUT2D eigenvalue weighted by atomic mass is 16.5. The second kappa shape index (κ2) is 8.46. The zero-order valence-electron chi connectivity index (χ0n) is 17.9. The Labute approximate surface area is 168 Å². The Morgan fingerprint density at radius 1 is 1.14 bits per heavy atom. The first-order valence-electron chi connectivity index (χ1n) is 10.3. The maximum atomic E-state index is 13.0. The van der Waals surface area contributed by atoms with E-state index >= 15 is 0 Å². The predicted octanol–water partition coefficient (Wildman–Crippen LogP) is 5.22. The molecule has 5 nitrogen and oxygen atoms in total. The second-order valence-corrected chi connectivity index (χ2v) is 8.46. The lowest BCUT2D eigenvalue weighted by atomic mass is 9.75. The summed E-state index contributed by atoms with van der Waals surface area (Å²) in [5, 5.41) is 0.953. The molecule has 1 aromatic carbocycles. The number of carbonyl (C=O) groups is 1. The van der Waals surface area contributed by atoms with Gasteiger partial charge in [0.15, 0.2) is 0 Å². The van der Waals surface area contributed by atoms with Crippen LogP contribution in [0.4, 0.5) is 0 Å². The van der Waals surface area contributed by atoms with E-state index in [0.29, 0.717) is 23.5 Å². The van der Waals surface area contributed by atoms with E-state index in [9.17, 15) is 4.79 Å². The molecule has 4 atom stereocenters. The average molecular weight is 388 g/mol. The SMILES string of the molecule is COc1cc(OC)c2ccn(C(C)C(=O)OC3CC(C)CCC3C(C)C)c2c1. The van der Waals surface area contributed by atoms with Crippen molar-refractivity contribution in [3.63, 3.8) is 0 Å². The van der Waals surface area contributed by atoms with Gasteiger partial charge in [0.2, 0.25) is 0 Å². The van der Waals surface area contributed by atoms with Gasteiger partial charge in [0.25, 0.3) is 0 Å². The summed E-state index contributed by atoms with van der Waals surface area (Å²) < 4.78 is 18.9. The number of aromatic nitrogens is 1. The quantitative estimate of drug-likeness (QED) is 0.637. The van der Waals surface area contributed by atoms with E-state index in [1.165, 1.54) is 6.42 Å². The number of carbonyl (C=O) groups excluding carboxylic acids is 1. The van der Waals surface area contributed by atoms with Crippen LogP contribution in [0.5, 0.6) is 11.5 Å². The van der Waals surface area contributed by atoms with E-state index in [-0.39, 0.29) is 12.1 Å². The van der Waals surface area contributed by atoms with Gasteiger partial charge in [0, 0.05) is 23.7 Å². The fourth-order valence-corrected chi connectivity index (χ4v) is 4.44. The molecule has 0 bridgehead atoms. The van der Waals surface area contributed by atoms with Crippen LogP contribution in [0.2, 0.25) is 0 Å². The number of esters is 1. The largest absolute Gasteiger partial charge is 0.497 e. The average Bonchev–Trinajstić information content (AvgIpc) is 3.10. The monoisotopic (exact) mass is 387 g/mol. The van der Waals surface area contributed by atoms with Crippen LogP contribution in [-0.4, -0.2) is 30.9 Å². The topological polar surface area (TPSA) is 49.7 Å². The van der Waals surface area contributed by atoms with Crippen molar-refractivity contribution < 1.29 is 19.0 Å². The number of rotatable bonds is 6. The molecular weight excluding hydrogens is 354 g/mol. The standard InChI is InChI=1S/C23H33NO4/c1-14(2)18-8-7-15(3)11-22(18)28-23(25)16(4)24-10-9-19-20(24)12-17(26-5)13-21(19)27-6/h9-10,12-16,18,22H,7-8,11H2,1-6H3. The molecule has 28 heavy (non-hydrogen) atoms. The predicted molar refractivity (Wildman–Crippen MR) is 111 cm³/mol. The number of benzene rings is 1. The lowest BCUT2D eigenvalue weighted by molar-refractivity contribution is -0.159. The molecule has 3 rings (SSSR count). The van der Waals surface area contributed by atoms with E-state index in [4.69, 9.17) is 14.2 Å². The van der Waals surface area contributed by atoms with Gasteiger partial charge in [-0.3, -0.25) is 0 Å². The summed E-state index contributed by atoms with van der Waals surface area (Å²) in [6, 6.07) is 5.34. The molecule has 0 N–H and O–H groups in total. The summed E-state index contributed by atoms with van der Waals surface area (Å²) in [5.74, 6) is 2.81. The van der Waals surface area contributed by atoms with Gasteiger partial charge in [0.05, 0.1) is 19.7 Å². The number of hydrogen-bond acceptors (Lipinski definition) is 4. The van der Waals surface area contributed by atoms with Gasteiger partial charge >= 0.3 is 5.97 Å². The highest BCUT2D eigenvalue weighted by Gasteiger charge is 2.34. The minimum Gasteiger partial charge on any atom is -0.497 e. The van der Waals surface area contributed by atoms with E-state index in [1.54, 1.807) is 14.2 Å². The summed E-state index contributed by atoms with van der Waals surface area (Å²) in [6.07, 6.45) is 5.22. The first kappa shape index (κ1) is 20.6. The van der Waals surface area contributed by atoms with E-state index in [1.807, 2.05) is 35.9 Å². The zero-order valence-corrected chi connectivity index (χ0v) is 17.9. The summed E-state index contributed by atoms with van der Waals surface area (Å²) >= 11 is 0. The van der Waals surface area contributed by atoms with E-state index < -0.39 is 6.04 Å². The maximum Gasteiger partial charge on any atom is 0.329 e. The minimum atomic E-state index is -0.417. The Bertz CT molecular complexity index is 825. The van der Waals surface area contributed by atoms with E-state index in [2.05, 4.69) is 20.8 Å². The van der Waals surface area contributed by atoms with E-state index in [0.717, 1.165) is 29.5 Å². The van der Waals surface area contributed by atoms with Gasteiger partial charge in [-0.25, -0.2) is 4.79 Å². The van der Waals surface area contributed by atoms with Gasteiger partial charge in [-0.15, -0.1) is 0 Å². The normalized spacial score (nSPS) is 23.6. The van der Waals surface area contributed by atoms with Crippen molar-refractivity contribution >= 4 is 16.9 Å². The molecular formula is C23H33NO4. The number of hydrogen-bond donors (Lipinski definition) is 0. The molecule has 1 saturated carbocycles. The highest BCUT2D eigenvalue weighted by Crippen LogP contribution is 2.37. The molecule has 2 aromatic rings. The zero-order chi connectivity index (χ0) is 20.4. The first-order chi connectivity index (χ1) is 13.3. The molecule has 1 heterocycles. The Kier molecular flexibility index (Phi) is 6.21. The summed E-state index contributed by atoms with van der Waals surface area (Å²) in [6.45, 7) is 8.59. The van der Waals surface area contributed by atoms with Crippen LogP contribution in [0.25, 0.3) is 10.9 Å². The minimum absolute atomic E-state index is 0.00426. The van der Waals surface area contributed by atoms with Crippen LogP contribution in [0.3, 0.4) is 0 Å². The molecule has 0 aliphatic heterocycles. The number of methoxy groups -OCH3 is 2. The molecule has 1 aromatic heterocycles. The molecule has 0 spiro atoms. The van der Waals surface area contributed by atoms with Crippen molar-refractivity contribution in [3.05, 3.63) is 24.4 Å². The lowest BCUT2D eigenvalue weighted by Crippen LogP contribution is -2.37. The van der Waals surface area contributed by atoms with Gasteiger partial charge in [-0.05, 0) is 43.6 Å². The fraction of sp³-hybridized carbons (Fsp3) is 0.609. The van der Waals surface area contributed by atoms with Crippen molar-refractivity contribution in [2.24, 2.45) is 17.8 Å². The molecule has 154 valence electrons. The lowest BCUT2D eigenvalue weighted by Gasteiger charge is -2.37. The number of fused-ring (bicyclic) bond motifs is 1. The number of nitrogens with zero attached hydrogens (tertiary/aromatic N) is 1. The summed E-state index contributed by atoms with van der Waals surface area (Å²) in [7, 11) is 3.27. The molecule has 5 heteroatoms. The molecule has 0 amide bonds. The smallest absolute Gasteiger partial charge is 0.329 e. The molecule has 4 unspecified atom stereocenters. The molecule has 1 aliphatic rings. The third-order valence-corrected chi connectivity index (χ3v) is 6.22. The fourth-order valence-electron chi connectivity index (χ4n) is 4.44. The van der Waals surface area contributed by atoms with Gasteiger partial charge in [-0.2, -0.15) is 0 Å². The Hall–Kier alpha value is -2.17. The van der Waals surface area contributed by atoms with Crippen molar-refractivity contribution in [1.82, 2.24) is 4.57 Å². The van der Waals surface area contributed by atoms with Crippen molar-refractivity contribution in [3.8, 4) is 11.5 Å². The summed E-state index contributed by atoms with van der Waals surface area (Å²) in [4.78, 5) is 13.0. The first-order valence-corrected chi connectivity index (χ1v) is 10.3. The Morgan fingerprint density at radius 2 is 1.89 bits per heavy atom. The Balaban J connectivity index is 1.85. The Morgan fingerprint density at radius 3 is 2.54 bits per heavy atom. The molecule has 0 saturated heterocycles. The van der Waals surface area contributed by atoms with Crippen molar-refractivity contribution in [1.29, 1.82) is 0 Å². The van der Waals surface area contributed by atoms with Crippen molar-refractivity contribution in [2.45, 2.75) is 59.1 Å². The van der Waals surface area contributed by atoms with Crippen LogP contribution in [0.15, 0.2) is 24.4 Å². The van der Waals surface area contributed by atoms with Gasteiger partial charge in [-0.1, -0.05) is 27.2 Å². The molecule has 1 aliphatic carbocycles. The van der Waals surface area contributed by atoms with Crippen LogP contribution in [-0.2, 0) is 9.53 Å². The van der Waals surface area contributed by atoms with Crippen LogP contribution >= 0.6 is 0 Å². The van der Waals surface area contributed by atoms with Gasteiger partial charge in [0.1, 0.15) is 23.6 Å². The maximum absolute atomic E-state index is 13.0. The van der Waals surface area contributed by atoms with Crippen LogP contribution < -0.4 is 9.47 Å². The third-order valence-electron chi connectivity index (χ3n) is 6.22. The molecule has 0 radical (unpaired) electrons. The van der Waals surface area contributed by atoms with Gasteiger partial charge < -0.3 is 18.8 Å². The molecule has 1 fully saturated rings. The summed E-state index contributed by atoms with van der Waals surface area (Å²) in [5.41, 5.74) is 0.901.